The fourth-order valence-electron chi connectivity index (χ4n) is 3.34. The smallest absolute Gasteiger partial charge is 0.322 e. The van der Waals surface area contributed by atoms with Gasteiger partial charge in [-0.1, -0.05) is 28.3 Å². The Hall–Kier alpha value is -2.50. The van der Waals surface area contributed by atoms with Crippen molar-refractivity contribution in [1.82, 2.24) is 14.5 Å². The molecule has 1 atom stereocenters. The predicted molar refractivity (Wildman–Crippen MR) is 123 cm³/mol. The van der Waals surface area contributed by atoms with Gasteiger partial charge in [-0.15, -0.1) is 5.10 Å². The topological polar surface area (TPSA) is 115 Å². The van der Waals surface area contributed by atoms with Gasteiger partial charge in [0.25, 0.3) is 11.8 Å². The van der Waals surface area contributed by atoms with Gasteiger partial charge in [-0.25, -0.2) is 8.42 Å². The number of ether oxygens (including phenoxy) is 1. The second-order valence-corrected chi connectivity index (χ2v) is 10.3. The van der Waals surface area contributed by atoms with Crippen molar-refractivity contribution >= 4 is 45.1 Å². The van der Waals surface area contributed by atoms with Gasteiger partial charge < -0.3 is 9.15 Å². The van der Waals surface area contributed by atoms with Crippen molar-refractivity contribution in [2.45, 2.75) is 23.8 Å². The number of carbonyl (C=O) groups is 1. The fraction of sp³-hybridized carbons (Fsp3) is 0.286. The number of carbonyl (C=O) groups excluding carboxylic acids is 1. The normalized spacial score (nSPS) is 16.3. The number of nitrogens with one attached hydrogen (secondary N) is 1. The van der Waals surface area contributed by atoms with Crippen molar-refractivity contribution in [3.63, 3.8) is 0 Å². The van der Waals surface area contributed by atoms with Gasteiger partial charge in [0.15, 0.2) is 0 Å². The number of likely N-dealkylation sites (N-methyl/N-ethyl adjacent to an activating group) is 1. The van der Waals surface area contributed by atoms with Crippen LogP contribution in [0.4, 0.5) is 6.01 Å². The summed E-state index contributed by atoms with van der Waals surface area (Å²) >= 11 is 12.1. The Morgan fingerprint density at radius 3 is 2.64 bits per heavy atom. The highest BCUT2D eigenvalue weighted by Gasteiger charge is 2.26. The summed E-state index contributed by atoms with van der Waals surface area (Å²) in [5.74, 6) is -0.451. The van der Waals surface area contributed by atoms with E-state index in [1.807, 2.05) is 0 Å². The number of anilines is 1. The molecular weight excluding hydrogens is 491 g/mol. The zero-order chi connectivity index (χ0) is 23.6. The maximum Gasteiger partial charge on any atom is 0.322 e. The van der Waals surface area contributed by atoms with Crippen LogP contribution in [-0.4, -0.2) is 55.1 Å². The Kier molecular flexibility index (Phi) is 7.01. The number of sulfonamides is 1. The van der Waals surface area contributed by atoms with Crippen molar-refractivity contribution in [1.29, 1.82) is 0 Å². The van der Waals surface area contributed by atoms with Gasteiger partial charge in [0.2, 0.25) is 10.0 Å². The lowest BCUT2D eigenvalue weighted by molar-refractivity contribution is 0.0979. The summed E-state index contributed by atoms with van der Waals surface area (Å²) in [5.41, 5.74) is 0.648. The molecule has 0 aliphatic carbocycles. The third-order valence-electron chi connectivity index (χ3n) is 5.11. The predicted octanol–water partition coefficient (Wildman–Crippen LogP) is 4.10. The van der Waals surface area contributed by atoms with Gasteiger partial charge >= 0.3 is 6.01 Å². The molecule has 2 heterocycles. The Balaban J connectivity index is 1.43. The van der Waals surface area contributed by atoms with Crippen LogP contribution in [0.5, 0.6) is 0 Å². The van der Waals surface area contributed by atoms with Crippen molar-refractivity contribution in [2.75, 3.05) is 25.5 Å². The lowest BCUT2D eigenvalue weighted by Crippen LogP contribution is -2.34. The van der Waals surface area contributed by atoms with Gasteiger partial charge in [0.05, 0.1) is 21.6 Å². The van der Waals surface area contributed by atoms with Crippen molar-refractivity contribution < 1.29 is 22.4 Å². The molecule has 1 saturated heterocycles. The Bertz CT molecular complexity index is 1260. The molecule has 3 aromatic rings. The van der Waals surface area contributed by atoms with Gasteiger partial charge in [-0.2, -0.15) is 4.31 Å². The van der Waals surface area contributed by atoms with E-state index < -0.39 is 15.9 Å². The largest absolute Gasteiger partial charge is 0.403 e. The monoisotopic (exact) mass is 510 g/mol. The van der Waals surface area contributed by atoms with Crippen molar-refractivity contribution in [2.24, 2.45) is 0 Å². The molecule has 33 heavy (non-hydrogen) atoms. The Morgan fingerprint density at radius 2 is 1.94 bits per heavy atom. The molecule has 1 N–H and O–H groups in total. The van der Waals surface area contributed by atoms with Crippen LogP contribution in [0.2, 0.25) is 10.0 Å². The molecule has 4 rings (SSSR count). The first kappa shape index (κ1) is 23.7. The van der Waals surface area contributed by atoms with Crippen LogP contribution in [-0.2, 0) is 14.8 Å². The second kappa shape index (κ2) is 9.78. The maximum atomic E-state index is 12.8. The molecule has 1 aliphatic heterocycles. The number of hydrogen-bond acceptors (Lipinski definition) is 7. The first-order chi connectivity index (χ1) is 15.7. The molecule has 174 valence electrons. The number of benzene rings is 2. The van der Waals surface area contributed by atoms with Crippen molar-refractivity contribution in [3.8, 4) is 11.5 Å². The van der Waals surface area contributed by atoms with Crippen molar-refractivity contribution in [3.05, 3.63) is 58.1 Å². The molecule has 1 aromatic heterocycles. The molecule has 0 bridgehead atoms. The van der Waals surface area contributed by atoms with Crippen LogP contribution in [0.15, 0.2) is 51.8 Å². The Morgan fingerprint density at radius 1 is 1.18 bits per heavy atom. The summed E-state index contributed by atoms with van der Waals surface area (Å²) in [6.07, 6.45) is 1.66. The fourth-order valence-corrected chi connectivity index (χ4v) is 4.92. The molecule has 0 radical (unpaired) electrons. The minimum atomic E-state index is -3.71. The molecule has 1 amide bonds. The minimum Gasteiger partial charge on any atom is -0.403 e. The zero-order valence-corrected chi connectivity index (χ0v) is 19.8. The van der Waals surface area contributed by atoms with Crippen LogP contribution in [0.1, 0.15) is 23.2 Å². The highest BCUT2D eigenvalue weighted by atomic mass is 35.5. The molecule has 1 aliphatic rings. The van der Waals surface area contributed by atoms with E-state index in [-0.39, 0.29) is 35.0 Å². The molecule has 1 fully saturated rings. The SMILES string of the molecule is CN(CC1CCCO1)S(=O)(=O)c1ccc(C(=O)Nc2nnc(-c3cc(Cl)ccc3Cl)o2)cc1. The average molecular weight is 511 g/mol. The number of hydrogen-bond donors (Lipinski definition) is 1. The van der Waals surface area contributed by atoms with Crippen LogP contribution in [0.3, 0.4) is 0 Å². The first-order valence-electron chi connectivity index (χ1n) is 10.0. The quantitative estimate of drug-likeness (QED) is 0.508. The van der Waals surface area contributed by atoms with Crippen LogP contribution in [0, 0.1) is 0 Å². The number of halogens is 2. The van der Waals surface area contributed by atoms with Gasteiger partial charge in [-0.05, 0) is 55.3 Å². The average Bonchev–Trinajstić information content (AvgIpc) is 3.47. The second-order valence-electron chi connectivity index (χ2n) is 7.44. The molecular formula is C21H20Cl2N4O5S. The molecule has 0 spiro atoms. The van der Waals surface area contributed by atoms with E-state index in [0.717, 1.165) is 12.8 Å². The molecule has 2 aromatic carbocycles. The van der Waals surface area contributed by atoms with E-state index in [4.69, 9.17) is 32.4 Å². The number of nitrogens with zero attached hydrogens (tertiary/aromatic N) is 3. The number of amides is 1. The van der Waals surface area contributed by atoms with Gasteiger partial charge in [0.1, 0.15) is 0 Å². The molecule has 12 heteroatoms. The highest BCUT2D eigenvalue weighted by molar-refractivity contribution is 7.89. The standard InChI is InChI=1S/C21H20Cl2N4O5S/c1-27(12-15-3-2-10-31-15)33(29,30)16-7-4-13(5-8-16)19(28)24-21-26-25-20(32-21)17-11-14(22)6-9-18(17)23/h4-9,11,15H,2-3,10,12H2,1H3,(H,24,26,28). The lowest BCUT2D eigenvalue weighted by Gasteiger charge is -2.20. The first-order valence-corrected chi connectivity index (χ1v) is 12.2. The maximum absolute atomic E-state index is 12.8. The summed E-state index contributed by atoms with van der Waals surface area (Å²) < 4.78 is 37.8. The lowest BCUT2D eigenvalue weighted by atomic mass is 10.2. The molecule has 9 nitrogen and oxygen atoms in total. The van der Waals surface area contributed by atoms with Crippen LogP contribution < -0.4 is 5.32 Å². The summed E-state index contributed by atoms with van der Waals surface area (Å²) in [7, 11) is -2.19. The van der Waals surface area contributed by atoms with E-state index in [0.29, 0.717) is 22.2 Å². The molecule has 0 saturated carbocycles. The zero-order valence-electron chi connectivity index (χ0n) is 17.5. The number of aromatic nitrogens is 2. The number of rotatable bonds is 7. The van der Waals surface area contributed by atoms with Crippen LogP contribution >= 0.6 is 23.2 Å². The summed E-state index contributed by atoms with van der Waals surface area (Å²) in [4.78, 5) is 12.6. The summed E-state index contributed by atoms with van der Waals surface area (Å²) in [5, 5.41) is 10.9. The Labute approximate surface area is 200 Å². The minimum absolute atomic E-state index is 0.0789. The van der Waals surface area contributed by atoms with E-state index >= 15 is 0 Å². The van der Waals surface area contributed by atoms with E-state index in [9.17, 15) is 13.2 Å². The van der Waals surface area contributed by atoms with Gasteiger partial charge in [0, 0.05) is 30.8 Å². The summed E-state index contributed by atoms with van der Waals surface area (Å²) in [6.45, 7) is 0.927. The third-order valence-corrected chi connectivity index (χ3v) is 7.52. The van der Waals surface area contributed by atoms with E-state index in [1.165, 1.54) is 35.6 Å². The molecule has 1 unspecified atom stereocenters. The summed E-state index contributed by atoms with van der Waals surface area (Å²) in [6, 6.07) is 10.2. The third kappa shape index (κ3) is 5.36. The van der Waals surface area contributed by atoms with E-state index in [2.05, 4.69) is 15.5 Å². The highest BCUT2D eigenvalue weighted by Crippen LogP contribution is 2.30. The van der Waals surface area contributed by atoms with Crippen LogP contribution in [0.25, 0.3) is 11.5 Å². The van der Waals surface area contributed by atoms with E-state index in [1.54, 1.807) is 18.2 Å². The van der Waals surface area contributed by atoms with Gasteiger partial charge in [-0.3, -0.25) is 10.1 Å².